The molecule has 0 radical (unpaired) electrons. The van der Waals surface area contributed by atoms with Crippen molar-refractivity contribution in [1.82, 2.24) is 9.66 Å². The maximum atomic E-state index is 13.7. The summed E-state index contributed by atoms with van der Waals surface area (Å²) in [4.78, 5) is 30.8. The minimum Gasteiger partial charge on any atom is -0.496 e. The van der Waals surface area contributed by atoms with Crippen molar-refractivity contribution in [3.05, 3.63) is 110 Å². The first-order valence-electron chi connectivity index (χ1n) is 13.5. The van der Waals surface area contributed by atoms with Gasteiger partial charge in [-0.1, -0.05) is 24.3 Å². The first-order chi connectivity index (χ1) is 21.8. The van der Waals surface area contributed by atoms with Gasteiger partial charge in [-0.2, -0.15) is 9.78 Å². The lowest BCUT2D eigenvalue weighted by atomic mass is 10.2. The molecule has 0 saturated heterocycles. The Morgan fingerprint density at radius 3 is 2.60 bits per heavy atom. The van der Waals surface area contributed by atoms with Crippen LogP contribution < -0.4 is 25.1 Å². The van der Waals surface area contributed by atoms with Crippen LogP contribution in [0.25, 0.3) is 33.5 Å². The molecular weight excluding hydrogens is 694 g/mol. The maximum absolute atomic E-state index is 13.7. The van der Waals surface area contributed by atoms with Gasteiger partial charge >= 0.3 is 0 Å². The molecule has 10 nitrogen and oxygen atoms in total. The fourth-order valence-electron chi connectivity index (χ4n) is 4.69. The Hall–Kier alpha value is -5.24. The molecule has 4 aromatic carbocycles. The van der Waals surface area contributed by atoms with Gasteiger partial charge in [-0.25, -0.2) is 9.37 Å². The molecule has 6 aromatic rings. The lowest BCUT2D eigenvalue weighted by Crippen LogP contribution is -2.21. The van der Waals surface area contributed by atoms with Crippen LogP contribution in [0.5, 0.6) is 17.2 Å². The van der Waals surface area contributed by atoms with Crippen LogP contribution in [0, 0.1) is 9.39 Å². The second kappa shape index (κ2) is 12.8. The summed E-state index contributed by atoms with van der Waals surface area (Å²) in [5.41, 5.74) is 1.59. The number of nitrogens with one attached hydrogen (secondary N) is 1. The molecule has 0 spiro atoms. The Morgan fingerprint density at radius 2 is 1.80 bits per heavy atom. The lowest BCUT2D eigenvalue weighted by molar-refractivity contribution is -0.118. The minimum atomic E-state index is -0.469. The molecular formula is C33H24FIN4O6. The molecule has 2 heterocycles. The van der Waals surface area contributed by atoms with E-state index in [1.165, 1.54) is 36.2 Å². The van der Waals surface area contributed by atoms with Gasteiger partial charge in [-0.3, -0.25) is 9.59 Å². The fourth-order valence-corrected chi connectivity index (χ4v) is 5.47. The number of carbonyl (C=O) groups is 1. The normalized spacial score (nSPS) is 11.3. The smallest absolute Gasteiger partial charge is 0.282 e. The molecule has 0 unspecified atom stereocenters. The monoisotopic (exact) mass is 718 g/mol. The molecule has 6 rings (SSSR count). The van der Waals surface area contributed by atoms with Crippen molar-refractivity contribution in [3.63, 3.8) is 0 Å². The number of rotatable bonds is 9. The molecule has 2 aromatic heterocycles. The van der Waals surface area contributed by atoms with E-state index in [2.05, 4.69) is 33.0 Å². The Morgan fingerprint density at radius 1 is 1.00 bits per heavy atom. The Kier molecular flexibility index (Phi) is 8.47. The molecule has 45 heavy (non-hydrogen) atoms. The van der Waals surface area contributed by atoms with Gasteiger partial charge in [0.2, 0.25) is 5.82 Å². The highest BCUT2D eigenvalue weighted by molar-refractivity contribution is 14.1. The van der Waals surface area contributed by atoms with Crippen LogP contribution in [0.3, 0.4) is 0 Å². The third kappa shape index (κ3) is 6.22. The zero-order chi connectivity index (χ0) is 31.5. The highest BCUT2D eigenvalue weighted by Crippen LogP contribution is 2.35. The van der Waals surface area contributed by atoms with Crippen LogP contribution in [-0.2, 0) is 4.79 Å². The average Bonchev–Trinajstić information content (AvgIpc) is 3.48. The van der Waals surface area contributed by atoms with Gasteiger partial charge < -0.3 is 23.9 Å². The van der Waals surface area contributed by atoms with Crippen molar-refractivity contribution in [2.24, 2.45) is 5.10 Å². The van der Waals surface area contributed by atoms with Crippen molar-refractivity contribution < 1.29 is 27.8 Å². The molecule has 1 amide bonds. The van der Waals surface area contributed by atoms with E-state index in [4.69, 9.17) is 23.6 Å². The maximum Gasteiger partial charge on any atom is 0.282 e. The minimum absolute atomic E-state index is 0.208. The third-order valence-electron chi connectivity index (χ3n) is 6.75. The average molecular weight is 718 g/mol. The van der Waals surface area contributed by atoms with E-state index in [1.54, 1.807) is 61.7 Å². The number of anilines is 1. The summed E-state index contributed by atoms with van der Waals surface area (Å²) in [6.07, 6.45) is 1.50. The number of halogens is 2. The summed E-state index contributed by atoms with van der Waals surface area (Å²) in [5.74, 6) is 0.913. The van der Waals surface area contributed by atoms with Gasteiger partial charge in [0, 0.05) is 5.69 Å². The number of hydrogen-bond donors (Lipinski definition) is 1. The molecule has 1 N–H and O–H groups in total. The van der Waals surface area contributed by atoms with E-state index < -0.39 is 11.7 Å². The van der Waals surface area contributed by atoms with Crippen LogP contribution in [-0.4, -0.2) is 42.6 Å². The van der Waals surface area contributed by atoms with E-state index in [-0.39, 0.29) is 18.0 Å². The molecule has 12 heteroatoms. The largest absolute Gasteiger partial charge is 0.496 e. The number of aromatic nitrogens is 2. The van der Waals surface area contributed by atoms with Crippen LogP contribution in [0.2, 0.25) is 0 Å². The number of hydrogen-bond acceptors (Lipinski definition) is 8. The van der Waals surface area contributed by atoms with E-state index in [0.717, 1.165) is 5.39 Å². The molecule has 226 valence electrons. The fraction of sp³-hybridized carbons (Fsp3) is 0.0909. The molecule has 0 saturated carbocycles. The van der Waals surface area contributed by atoms with Crippen molar-refractivity contribution >= 4 is 62.3 Å². The van der Waals surface area contributed by atoms with Crippen LogP contribution in [0.1, 0.15) is 5.56 Å². The van der Waals surface area contributed by atoms with Crippen LogP contribution in [0.4, 0.5) is 10.1 Å². The number of nitrogens with zero attached hydrogens (tertiary/aromatic N) is 3. The van der Waals surface area contributed by atoms with Gasteiger partial charge in [0.05, 0.1) is 40.3 Å². The number of methoxy groups -OCH3 is 2. The zero-order valence-electron chi connectivity index (χ0n) is 23.9. The van der Waals surface area contributed by atoms with Crippen LogP contribution in [0.15, 0.2) is 99.2 Å². The van der Waals surface area contributed by atoms with Gasteiger partial charge in [0.1, 0.15) is 17.1 Å². The van der Waals surface area contributed by atoms with E-state index in [1.807, 2.05) is 12.1 Å². The number of fused-ring (bicyclic) bond motifs is 2. The number of benzene rings is 4. The van der Waals surface area contributed by atoms with E-state index in [0.29, 0.717) is 54.3 Å². The predicted molar refractivity (Wildman–Crippen MR) is 177 cm³/mol. The first-order valence-corrected chi connectivity index (χ1v) is 14.6. The predicted octanol–water partition coefficient (Wildman–Crippen LogP) is 6.47. The third-order valence-corrected chi connectivity index (χ3v) is 7.55. The summed E-state index contributed by atoms with van der Waals surface area (Å²) in [6, 6.07) is 23.2. The quantitative estimate of drug-likeness (QED) is 0.135. The number of furan rings is 1. The standard InChI is InChI=1S/C33H24FIN4O6/c1-42-26-11-6-12-27-23(26)16-29(45-27)32-38-25-10-4-3-9-22(25)33(41)39(32)36-17-19-13-24(35)31(28(14-19)43-2)44-18-30(40)37-21-8-5-7-20(34)15-21/h3-17H,18H2,1-2H3,(H,37,40). The van der Waals surface area contributed by atoms with Crippen molar-refractivity contribution in [2.75, 3.05) is 26.1 Å². The van der Waals surface area contributed by atoms with Crippen molar-refractivity contribution in [2.45, 2.75) is 0 Å². The lowest BCUT2D eigenvalue weighted by Gasteiger charge is -2.13. The molecule has 0 aliphatic heterocycles. The van der Waals surface area contributed by atoms with Gasteiger partial charge in [-0.15, -0.1) is 0 Å². The van der Waals surface area contributed by atoms with Gasteiger partial charge in [-0.05, 0) is 88.8 Å². The molecule has 0 fully saturated rings. The number of para-hydroxylation sites is 1. The number of ether oxygens (including phenoxy) is 3. The molecule has 0 aliphatic rings. The Labute approximate surface area is 269 Å². The Balaban J connectivity index is 1.33. The zero-order valence-corrected chi connectivity index (χ0v) is 26.1. The molecule has 0 atom stereocenters. The highest BCUT2D eigenvalue weighted by atomic mass is 127. The van der Waals surface area contributed by atoms with Crippen LogP contribution >= 0.6 is 22.6 Å². The summed E-state index contributed by atoms with van der Waals surface area (Å²) >= 11 is 2.06. The summed E-state index contributed by atoms with van der Waals surface area (Å²) in [7, 11) is 3.04. The SMILES string of the molecule is COc1cc(C=Nn2c(-c3cc4c(OC)cccc4o3)nc3ccccc3c2=O)cc(I)c1OCC(=O)Nc1cccc(F)c1. The van der Waals surface area contributed by atoms with Crippen molar-refractivity contribution in [1.29, 1.82) is 0 Å². The summed E-state index contributed by atoms with van der Waals surface area (Å²) < 4.78 is 38.1. The highest BCUT2D eigenvalue weighted by Gasteiger charge is 2.19. The second-order valence-electron chi connectivity index (χ2n) is 9.68. The van der Waals surface area contributed by atoms with Gasteiger partial charge in [0.15, 0.2) is 23.9 Å². The Bertz CT molecular complexity index is 2160. The number of carbonyl (C=O) groups excluding carboxylic acids is 1. The summed E-state index contributed by atoms with van der Waals surface area (Å²) in [6.45, 7) is -0.333. The number of amides is 1. The molecule has 0 aliphatic carbocycles. The molecule has 0 bridgehead atoms. The van der Waals surface area contributed by atoms with Gasteiger partial charge in [0.25, 0.3) is 11.5 Å². The summed E-state index contributed by atoms with van der Waals surface area (Å²) in [5, 5.41) is 8.23. The van der Waals surface area contributed by atoms with Crippen molar-refractivity contribution in [3.8, 4) is 28.8 Å². The second-order valence-corrected chi connectivity index (χ2v) is 10.8. The van der Waals surface area contributed by atoms with E-state index in [9.17, 15) is 14.0 Å². The first kappa shape index (κ1) is 29.8. The van der Waals surface area contributed by atoms with E-state index >= 15 is 0 Å². The topological polar surface area (TPSA) is 117 Å².